The highest BCUT2D eigenvalue weighted by molar-refractivity contribution is 5.37. The Morgan fingerprint density at radius 3 is 2.14 bits per heavy atom. The minimum atomic E-state index is 0.478. The van der Waals surface area contributed by atoms with Gasteiger partial charge in [0.2, 0.25) is 0 Å². The molecule has 2 aromatic carbocycles. The molecule has 2 rings (SSSR count). The third kappa shape index (κ3) is 4.18. The van der Waals surface area contributed by atoms with Crippen molar-refractivity contribution >= 4 is 0 Å². The molecule has 0 saturated carbocycles. The maximum absolute atomic E-state index is 3.68. The predicted molar refractivity (Wildman–Crippen MR) is 91.8 cm³/mol. The molecule has 0 heterocycles. The van der Waals surface area contributed by atoms with Crippen LogP contribution in [0.1, 0.15) is 40.3 Å². The number of rotatable bonds is 5. The van der Waals surface area contributed by atoms with E-state index in [0.29, 0.717) is 6.04 Å². The van der Waals surface area contributed by atoms with Crippen LogP contribution >= 0.6 is 0 Å². The van der Waals surface area contributed by atoms with Crippen LogP contribution in [-0.2, 0) is 13.0 Å². The Morgan fingerprint density at radius 2 is 1.52 bits per heavy atom. The summed E-state index contributed by atoms with van der Waals surface area (Å²) in [7, 11) is 0. The fourth-order valence-electron chi connectivity index (χ4n) is 3.01. The van der Waals surface area contributed by atoms with E-state index in [0.717, 1.165) is 13.0 Å². The molecule has 0 fully saturated rings. The molecule has 1 heteroatoms. The van der Waals surface area contributed by atoms with E-state index in [-0.39, 0.29) is 0 Å². The fraction of sp³-hybridized carbons (Fsp3) is 0.400. The Labute approximate surface area is 129 Å². The molecule has 0 aliphatic rings. The minimum absolute atomic E-state index is 0.478. The molecule has 0 amide bonds. The fourth-order valence-corrected chi connectivity index (χ4v) is 3.01. The second-order valence-electron chi connectivity index (χ2n) is 6.29. The highest BCUT2D eigenvalue weighted by Crippen LogP contribution is 2.17. The third-order valence-corrected chi connectivity index (χ3v) is 4.26. The maximum atomic E-state index is 3.68. The van der Waals surface area contributed by atoms with E-state index in [1.807, 2.05) is 0 Å². The summed E-state index contributed by atoms with van der Waals surface area (Å²) in [6, 6.07) is 13.7. The van der Waals surface area contributed by atoms with Crippen molar-refractivity contribution in [3.63, 3.8) is 0 Å². The summed E-state index contributed by atoms with van der Waals surface area (Å²) in [6.45, 7) is 12.0. The summed E-state index contributed by atoms with van der Waals surface area (Å²) in [5.74, 6) is 0. The van der Waals surface area contributed by atoms with E-state index >= 15 is 0 Å². The van der Waals surface area contributed by atoms with E-state index in [2.05, 4.69) is 76.3 Å². The molecule has 21 heavy (non-hydrogen) atoms. The highest BCUT2D eigenvalue weighted by Gasteiger charge is 2.08. The van der Waals surface area contributed by atoms with E-state index in [4.69, 9.17) is 0 Å². The quantitative estimate of drug-likeness (QED) is 0.842. The molecule has 0 aliphatic heterocycles. The van der Waals surface area contributed by atoms with Crippen LogP contribution in [0.2, 0.25) is 0 Å². The van der Waals surface area contributed by atoms with Crippen molar-refractivity contribution in [2.24, 2.45) is 0 Å². The number of hydrogen-bond acceptors (Lipinski definition) is 1. The summed E-state index contributed by atoms with van der Waals surface area (Å²) >= 11 is 0. The Morgan fingerprint density at radius 1 is 0.905 bits per heavy atom. The van der Waals surface area contributed by atoms with Gasteiger partial charge in [0.15, 0.2) is 0 Å². The van der Waals surface area contributed by atoms with Gasteiger partial charge in [-0.2, -0.15) is 0 Å². The Bertz CT molecular complexity index is 590. The van der Waals surface area contributed by atoms with E-state index in [1.54, 1.807) is 0 Å². The van der Waals surface area contributed by atoms with E-state index in [9.17, 15) is 0 Å². The number of benzene rings is 2. The molecule has 1 N–H and O–H groups in total. The van der Waals surface area contributed by atoms with Crippen molar-refractivity contribution in [1.82, 2.24) is 5.32 Å². The van der Waals surface area contributed by atoms with Gasteiger partial charge in [0.05, 0.1) is 0 Å². The molecule has 0 radical (unpaired) electrons. The van der Waals surface area contributed by atoms with Gasteiger partial charge in [-0.1, -0.05) is 42.0 Å². The Balaban J connectivity index is 1.99. The summed E-state index contributed by atoms with van der Waals surface area (Å²) in [5.41, 5.74) is 8.40. The average molecular weight is 281 g/mol. The monoisotopic (exact) mass is 281 g/mol. The third-order valence-electron chi connectivity index (χ3n) is 4.26. The topological polar surface area (TPSA) is 12.0 Å². The normalized spacial score (nSPS) is 12.4. The van der Waals surface area contributed by atoms with Crippen molar-refractivity contribution in [3.05, 3.63) is 69.8 Å². The second-order valence-corrected chi connectivity index (χ2v) is 6.29. The molecule has 0 bridgehead atoms. The van der Waals surface area contributed by atoms with Gasteiger partial charge < -0.3 is 5.32 Å². The van der Waals surface area contributed by atoms with Crippen LogP contribution in [0, 0.1) is 27.7 Å². The zero-order chi connectivity index (χ0) is 15.4. The van der Waals surface area contributed by atoms with Crippen molar-refractivity contribution in [1.29, 1.82) is 0 Å². The number of hydrogen-bond donors (Lipinski definition) is 1. The molecule has 1 nitrogen and oxygen atoms in total. The summed E-state index contributed by atoms with van der Waals surface area (Å²) in [4.78, 5) is 0. The lowest BCUT2D eigenvalue weighted by Crippen LogP contribution is -2.28. The summed E-state index contributed by atoms with van der Waals surface area (Å²) in [5, 5.41) is 3.68. The van der Waals surface area contributed by atoms with Gasteiger partial charge in [0.25, 0.3) is 0 Å². The first kappa shape index (κ1) is 15.8. The van der Waals surface area contributed by atoms with Crippen LogP contribution in [0.3, 0.4) is 0 Å². The highest BCUT2D eigenvalue weighted by atomic mass is 14.9. The first-order chi connectivity index (χ1) is 9.97. The van der Waals surface area contributed by atoms with Gasteiger partial charge in [-0.3, -0.25) is 0 Å². The Kier molecular flexibility index (Phi) is 5.19. The van der Waals surface area contributed by atoms with Crippen LogP contribution in [-0.4, -0.2) is 6.04 Å². The van der Waals surface area contributed by atoms with Crippen molar-refractivity contribution in [2.75, 3.05) is 0 Å². The molecular formula is C20H27N. The van der Waals surface area contributed by atoms with Crippen LogP contribution in [0.25, 0.3) is 0 Å². The first-order valence-corrected chi connectivity index (χ1v) is 7.82. The lowest BCUT2D eigenvalue weighted by atomic mass is 9.98. The smallest absolute Gasteiger partial charge is 0.0213 e. The van der Waals surface area contributed by atoms with Crippen LogP contribution in [0.5, 0.6) is 0 Å². The first-order valence-electron chi connectivity index (χ1n) is 7.82. The van der Waals surface area contributed by atoms with Gasteiger partial charge in [-0.15, -0.1) is 0 Å². The molecule has 1 atom stereocenters. The van der Waals surface area contributed by atoms with Crippen molar-refractivity contribution in [2.45, 2.75) is 53.6 Å². The van der Waals surface area contributed by atoms with Crippen LogP contribution < -0.4 is 5.32 Å². The standard InChI is InChI=1S/C20H27N/c1-14-10-16(3)20(17(4)11-14)13-21-18(5)12-19-9-7-6-8-15(19)2/h6-11,18,21H,12-13H2,1-5H3. The predicted octanol–water partition coefficient (Wildman–Crippen LogP) is 4.64. The van der Waals surface area contributed by atoms with Crippen molar-refractivity contribution in [3.8, 4) is 0 Å². The van der Waals surface area contributed by atoms with E-state index < -0.39 is 0 Å². The molecule has 0 aliphatic carbocycles. The number of nitrogens with one attached hydrogen (secondary N) is 1. The van der Waals surface area contributed by atoms with Gasteiger partial charge in [0.1, 0.15) is 0 Å². The lowest BCUT2D eigenvalue weighted by Gasteiger charge is -2.18. The van der Waals surface area contributed by atoms with Gasteiger partial charge in [0, 0.05) is 12.6 Å². The Hall–Kier alpha value is -1.60. The van der Waals surface area contributed by atoms with Crippen LogP contribution in [0.15, 0.2) is 36.4 Å². The molecule has 0 aromatic heterocycles. The van der Waals surface area contributed by atoms with E-state index in [1.165, 1.54) is 33.4 Å². The molecule has 1 unspecified atom stereocenters. The largest absolute Gasteiger partial charge is 0.310 e. The molecule has 0 saturated heterocycles. The zero-order valence-electron chi connectivity index (χ0n) is 14.0. The van der Waals surface area contributed by atoms with Crippen LogP contribution in [0.4, 0.5) is 0 Å². The summed E-state index contributed by atoms with van der Waals surface area (Å²) in [6.07, 6.45) is 1.08. The second kappa shape index (κ2) is 6.91. The van der Waals surface area contributed by atoms with Gasteiger partial charge in [-0.05, 0) is 68.9 Å². The molecule has 2 aromatic rings. The van der Waals surface area contributed by atoms with Crippen molar-refractivity contribution < 1.29 is 0 Å². The lowest BCUT2D eigenvalue weighted by molar-refractivity contribution is 0.542. The zero-order valence-corrected chi connectivity index (χ0v) is 14.0. The number of aryl methyl sites for hydroxylation is 4. The molecule has 112 valence electrons. The molecular weight excluding hydrogens is 254 g/mol. The SMILES string of the molecule is Cc1cc(C)c(CNC(C)Cc2ccccc2C)c(C)c1. The maximum Gasteiger partial charge on any atom is 0.0213 e. The van der Waals surface area contributed by atoms with Gasteiger partial charge in [-0.25, -0.2) is 0 Å². The molecule has 0 spiro atoms. The summed E-state index contributed by atoms with van der Waals surface area (Å²) < 4.78 is 0. The van der Waals surface area contributed by atoms with Gasteiger partial charge >= 0.3 is 0 Å². The minimum Gasteiger partial charge on any atom is -0.310 e. The average Bonchev–Trinajstić information content (AvgIpc) is 2.40.